The van der Waals surface area contributed by atoms with Crippen LogP contribution in [0.15, 0.2) is 12.2 Å². The SMILES string of the molecule is OCCC=CC(O)CC(Cl)CCl. The summed E-state index contributed by atoms with van der Waals surface area (Å²) >= 11 is 11.1. The maximum absolute atomic E-state index is 9.27. The van der Waals surface area contributed by atoms with Crippen LogP contribution in [0, 0.1) is 0 Å². The minimum Gasteiger partial charge on any atom is -0.396 e. The first-order chi connectivity index (χ1) is 5.70. The Bertz CT molecular complexity index is 128. The number of hydrogen-bond donors (Lipinski definition) is 2. The van der Waals surface area contributed by atoms with Gasteiger partial charge in [-0.1, -0.05) is 12.2 Å². The van der Waals surface area contributed by atoms with Gasteiger partial charge in [0.1, 0.15) is 0 Å². The van der Waals surface area contributed by atoms with Crippen LogP contribution >= 0.6 is 23.2 Å². The molecular formula is C8H14Cl2O2. The first kappa shape index (κ1) is 12.2. The molecule has 0 fully saturated rings. The van der Waals surface area contributed by atoms with Gasteiger partial charge >= 0.3 is 0 Å². The summed E-state index contributed by atoms with van der Waals surface area (Å²) in [6, 6.07) is 0. The molecule has 0 amide bonds. The zero-order valence-electron chi connectivity index (χ0n) is 6.79. The van der Waals surface area contributed by atoms with Crippen LogP contribution in [0.2, 0.25) is 0 Å². The van der Waals surface area contributed by atoms with Gasteiger partial charge in [0.2, 0.25) is 0 Å². The number of alkyl halides is 2. The standard InChI is InChI=1S/C8H14Cl2O2/c9-6-7(10)5-8(12)3-1-2-4-11/h1,3,7-8,11-12H,2,4-6H2. The number of halogens is 2. The zero-order chi connectivity index (χ0) is 9.40. The highest BCUT2D eigenvalue weighted by atomic mass is 35.5. The first-order valence-electron chi connectivity index (χ1n) is 3.86. The van der Waals surface area contributed by atoms with Crippen LogP contribution in [0.4, 0.5) is 0 Å². The van der Waals surface area contributed by atoms with Gasteiger partial charge in [-0.15, -0.1) is 23.2 Å². The molecule has 0 aliphatic heterocycles. The third-order valence-corrected chi connectivity index (χ3v) is 2.18. The fourth-order valence-corrected chi connectivity index (χ4v) is 1.04. The van der Waals surface area contributed by atoms with Gasteiger partial charge in [-0.2, -0.15) is 0 Å². The van der Waals surface area contributed by atoms with Crippen molar-refractivity contribution < 1.29 is 10.2 Å². The van der Waals surface area contributed by atoms with E-state index in [1.165, 1.54) is 0 Å². The molecule has 72 valence electrons. The number of hydrogen-bond acceptors (Lipinski definition) is 2. The molecule has 0 aromatic rings. The molecule has 0 heterocycles. The van der Waals surface area contributed by atoms with Crippen LogP contribution in [0.5, 0.6) is 0 Å². The normalized spacial score (nSPS) is 16.7. The van der Waals surface area contributed by atoms with Crippen molar-refractivity contribution in [3.63, 3.8) is 0 Å². The Labute approximate surface area is 82.8 Å². The van der Waals surface area contributed by atoms with Gasteiger partial charge in [0.25, 0.3) is 0 Å². The number of rotatable bonds is 6. The lowest BCUT2D eigenvalue weighted by atomic mass is 10.2. The van der Waals surface area contributed by atoms with Crippen molar-refractivity contribution in [3.05, 3.63) is 12.2 Å². The summed E-state index contributed by atoms with van der Waals surface area (Å²) in [6.07, 6.45) is 3.80. The van der Waals surface area contributed by atoms with Crippen molar-refractivity contribution in [3.8, 4) is 0 Å². The smallest absolute Gasteiger partial charge is 0.0735 e. The second kappa shape index (κ2) is 7.87. The summed E-state index contributed by atoms with van der Waals surface area (Å²) in [4.78, 5) is 0. The third kappa shape index (κ3) is 6.92. The Morgan fingerprint density at radius 1 is 1.42 bits per heavy atom. The van der Waals surface area contributed by atoms with Gasteiger partial charge in [-0.05, 0) is 12.8 Å². The Hall–Kier alpha value is 0.240. The molecule has 2 N–H and O–H groups in total. The van der Waals surface area contributed by atoms with Crippen LogP contribution in [0.25, 0.3) is 0 Å². The first-order valence-corrected chi connectivity index (χ1v) is 4.83. The molecule has 0 aliphatic rings. The van der Waals surface area contributed by atoms with E-state index in [4.69, 9.17) is 28.3 Å². The average molecular weight is 213 g/mol. The van der Waals surface area contributed by atoms with Gasteiger partial charge in [0, 0.05) is 17.9 Å². The van der Waals surface area contributed by atoms with Crippen LogP contribution in [0.1, 0.15) is 12.8 Å². The predicted octanol–water partition coefficient (Wildman–Crippen LogP) is 1.52. The summed E-state index contributed by atoms with van der Waals surface area (Å²) in [5, 5.41) is 17.5. The van der Waals surface area contributed by atoms with Gasteiger partial charge in [0.05, 0.1) is 6.10 Å². The molecule has 0 aromatic carbocycles. The van der Waals surface area contributed by atoms with Crippen LogP contribution in [-0.2, 0) is 0 Å². The Morgan fingerprint density at radius 2 is 2.08 bits per heavy atom. The van der Waals surface area contributed by atoms with Crippen molar-refractivity contribution in [1.29, 1.82) is 0 Å². The Kier molecular flexibility index (Phi) is 8.02. The summed E-state index contributed by atoms with van der Waals surface area (Å²) in [5.41, 5.74) is 0. The molecule has 0 radical (unpaired) electrons. The quantitative estimate of drug-likeness (QED) is 0.518. The van der Waals surface area contributed by atoms with Crippen LogP contribution in [0.3, 0.4) is 0 Å². The molecular weight excluding hydrogens is 199 g/mol. The number of aliphatic hydroxyl groups is 2. The van der Waals surface area contributed by atoms with Gasteiger partial charge < -0.3 is 10.2 Å². The highest BCUT2D eigenvalue weighted by Crippen LogP contribution is 2.08. The lowest BCUT2D eigenvalue weighted by molar-refractivity contribution is 0.212. The van der Waals surface area contributed by atoms with Crippen molar-refractivity contribution in [1.82, 2.24) is 0 Å². The molecule has 0 rings (SSSR count). The summed E-state index contributed by atoms with van der Waals surface area (Å²) in [7, 11) is 0. The van der Waals surface area contributed by atoms with Crippen LogP contribution in [-0.4, -0.2) is 34.2 Å². The van der Waals surface area contributed by atoms with Gasteiger partial charge in [-0.3, -0.25) is 0 Å². The minimum atomic E-state index is -0.558. The maximum Gasteiger partial charge on any atom is 0.0735 e. The maximum atomic E-state index is 9.27. The predicted molar refractivity (Wildman–Crippen MR) is 51.8 cm³/mol. The van der Waals surface area contributed by atoms with Crippen molar-refractivity contribution in [2.75, 3.05) is 12.5 Å². The van der Waals surface area contributed by atoms with Gasteiger partial charge in [0.15, 0.2) is 0 Å². The summed E-state index contributed by atoms with van der Waals surface area (Å²) in [5.74, 6) is 0.340. The molecule has 4 heteroatoms. The second-order valence-electron chi connectivity index (χ2n) is 2.50. The molecule has 0 spiro atoms. The number of aliphatic hydroxyl groups excluding tert-OH is 2. The lowest BCUT2D eigenvalue weighted by Gasteiger charge is -2.08. The zero-order valence-corrected chi connectivity index (χ0v) is 8.30. The van der Waals surface area contributed by atoms with E-state index in [0.717, 1.165) is 0 Å². The van der Waals surface area contributed by atoms with Crippen molar-refractivity contribution in [2.24, 2.45) is 0 Å². The lowest BCUT2D eigenvalue weighted by Crippen LogP contribution is -2.12. The molecule has 2 nitrogen and oxygen atoms in total. The fourth-order valence-electron chi connectivity index (χ4n) is 0.731. The molecule has 12 heavy (non-hydrogen) atoms. The molecule has 0 bridgehead atoms. The largest absolute Gasteiger partial charge is 0.396 e. The minimum absolute atomic E-state index is 0.100. The molecule has 0 aromatic heterocycles. The topological polar surface area (TPSA) is 40.5 Å². The van der Waals surface area contributed by atoms with E-state index in [-0.39, 0.29) is 12.0 Å². The molecule has 0 saturated heterocycles. The van der Waals surface area contributed by atoms with E-state index in [9.17, 15) is 5.11 Å². The van der Waals surface area contributed by atoms with E-state index in [1.807, 2.05) is 0 Å². The van der Waals surface area contributed by atoms with Crippen molar-refractivity contribution in [2.45, 2.75) is 24.3 Å². The second-order valence-corrected chi connectivity index (χ2v) is 3.42. The fraction of sp³-hybridized carbons (Fsp3) is 0.750. The van der Waals surface area contributed by atoms with Gasteiger partial charge in [-0.25, -0.2) is 0 Å². The summed E-state index contributed by atoms with van der Waals surface area (Å²) < 4.78 is 0. The summed E-state index contributed by atoms with van der Waals surface area (Å²) in [6.45, 7) is 0.100. The van der Waals surface area contributed by atoms with E-state index >= 15 is 0 Å². The molecule has 0 aliphatic carbocycles. The van der Waals surface area contributed by atoms with Crippen LogP contribution < -0.4 is 0 Å². The molecule has 2 atom stereocenters. The molecule has 0 saturated carbocycles. The Balaban J connectivity index is 3.50. The highest BCUT2D eigenvalue weighted by Gasteiger charge is 2.07. The van der Waals surface area contributed by atoms with E-state index in [0.29, 0.717) is 18.7 Å². The molecule has 2 unspecified atom stereocenters. The third-order valence-electron chi connectivity index (χ3n) is 1.32. The monoisotopic (exact) mass is 212 g/mol. The van der Waals surface area contributed by atoms with Crippen molar-refractivity contribution >= 4 is 23.2 Å². The highest BCUT2D eigenvalue weighted by molar-refractivity contribution is 6.28. The van der Waals surface area contributed by atoms with E-state index in [2.05, 4.69) is 0 Å². The van der Waals surface area contributed by atoms with E-state index in [1.54, 1.807) is 12.2 Å². The average Bonchev–Trinajstić information content (AvgIpc) is 2.05. The van der Waals surface area contributed by atoms with E-state index < -0.39 is 6.10 Å². The Morgan fingerprint density at radius 3 is 2.58 bits per heavy atom.